The van der Waals surface area contributed by atoms with Gasteiger partial charge in [-0.2, -0.15) is 0 Å². The fraction of sp³-hybridized carbons (Fsp3) is 0.381. The lowest BCUT2D eigenvalue weighted by molar-refractivity contribution is -0.120. The SMILES string of the molecule is CCc1ccc(N(CC(=O)N[C@H](C)c2cc(OC)ccc2OC)S(C)(=O)=O)cc1. The van der Waals surface area contributed by atoms with E-state index >= 15 is 0 Å². The molecule has 158 valence electrons. The molecule has 0 aromatic heterocycles. The Hall–Kier alpha value is -2.74. The number of aryl methyl sites for hydroxylation is 1. The van der Waals surface area contributed by atoms with Gasteiger partial charge >= 0.3 is 0 Å². The van der Waals surface area contributed by atoms with E-state index in [1.54, 1.807) is 51.5 Å². The number of nitrogens with one attached hydrogen (secondary N) is 1. The predicted molar refractivity (Wildman–Crippen MR) is 114 cm³/mol. The molecule has 1 N–H and O–H groups in total. The van der Waals surface area contributed by atoms with Crippen molar-refractivity contribution in [1.82, 2.24) is 5.32 Å². The molecule has 29 heavy (non-hydrogen) atoms. The van der Waals surface area contributed by atoms with Crippen molar-refractivity contribution in [2.45, 2.75) is 26.3 Å². The Morgan fingerprint density at radius 1 is 1.10 bits per heavy atom. The summed E-state index contributed by atoms with van der Waals surface area (Å²) in [5.74, 6) is 0.816. The molecule has 0 aliphatic rings. The predicted octanol–water partition coefficient (Wildman–Crippen LogP) is 2.91. The quantitative estimate of drug-likeness (QED) is 0.674. The van der Waals surface area contributed by atoms with E-state index in [9.17, 15) is 13.2 Å². The van der Waals surface area contributed by atoms with Gasteiger partial charge in [0.2, 0.25) is 15.9 Å². The van der Waals surface area contributed by atoms with Gasteiger partial charge < -0.3 is 14.8 Å². The smallest absolute Gasteiger partial charge is 0.241 e. The molecule has 2 aromatic rings. The van der Waals surface area contributed by atoms with E-state index < -0.39 is 22.0 Å². The van der Waals surface area contributed by atoms with Gasteiger partial charge in [0.15, 0.2) is 0 Å². The third-order valence-electron chi connectivity index (χ3n) is 4.60. The first-order valence-corrected chi connectivity index (χ1v) is 11.1. The van der Waals surface area contributed by atoms with E-state index in [0.717, 1.165) is 28.1 Å². The maximum Gasteiger partial charge on any atom is 0.241 e. The van der Waals surface area contributed by atoms with Crippen LogP contribution in [0, 0.1) is 0 Å². The number of rotatable bonds is 9. The second-order valence-corrected chi connectivity index (χ2v) is 8.59. The van der Waals surface area contributed by atoms with Crippen molar-refractivity contribution < 1.29 is 22.7 Å². The number of methoxy groups -OCH3 is 2. The van der Waals surface area contributed by atoms with E-state index in [-0.39, 0.29) is 6.54 Å². The zero-order chi connectivity index (χ0) is 21.6. The summed E-state index contributed by atoms with van der Waals surface area (Å²) in [5, 5.41) is 2.84. The lowest BCUT2D eigenvalue weighted by Crippen LogP contribution is -2.41. The molecule has 0 aliphatic heterocycles. The second-order valence-electron chi connectivity index (χ2n) is 6.69. The van der Waals surface area contributed by atoms with E-state index in [4.69, 9.17) is 9.47 Å². The van der Waals surface area contributed by atoms with Crippen molar-refractivity contribution in [2.24, 2.45) is 0 Å². The van der Waals surface area contributed by atoms with Crippen LogP contribution in [0.4, 0.5) is 5.69 Å². The topological polar surface area (TPSA) is 84.9 Å². The van der Waals surface area contributed by atoms with Crippen molar-refractivity contribution in [3.05, 3.63) is 53.6 Å². The van der Waals surface area contributed by atoms with Crippen LogP contribution in [0.15, 0.2) is 42.5 Å². The van der Waals surface area contributed by atoms with Gasteiger partial charge in [-0.15, -0.1) is 0 Å². The highest BCUT2D eigenvalue weighted by molar-refractivity contribution is 7.92. The van der Waals surface area contributed by atoms with Gasteiger partial charge in [-0.05, 0) is 49.2 Å². The Morgan fingerprint density at radius 3 is 2.28 bits per heavy atom. The molecule has 0 aliphatic carbocycles. The average molecular weight is 421 g/mol. The van der Waals surface area contributed by atoms with Gasteiger partial charge in [-0.1, -0.05) is 19.1 Å². The highest BCUT2D eigenvalue weighted by Crippen LogP contribution is 2.29. The average Bonchev–Trinajstić information content (AvgIpc) is 2.70. The Bertz CT molecular complexity index is 942. The maximum absolute atomic E-state index is 12.6. The molecule has 0 radical (unpaired) electrons. The Balaban J connectivity index is 2.20. The fourth-order valence-corrected chi connectivity index (χ4v) is 3.83. The first-order chi connectivity index (χ1) is 13.7. The molecule has 0 heterocycles. The lowest BCUT2D eigenvalue weighted by atomic mass is 10.1. The summed E-state index contributed by atoms with van der Waals surface area (Å²) >= 11 is 0. The molecule has 7 nitrogen and oxygen atoms in total. The number of carbonyl (C=O) groups excluding carboxylic acids is 1. The summed E-state index contributed by atoms with van der Waals surface area (Å²) < 4.78 is 36.2. The summed E-state index contributed by atoms with van der Waals surface area (Å²) in [6.45, 7) is 3.50. The molecule has 1 amide bonds. The lowest BCUT2D eigenvalue weighted by Gasteiger charge is -2.24. The maximum atomic E-state index is 12.6. The van der Waals surface area contributed by atoms with Crippen molar-refractivity contribution in [2.75, 3.05) is 31.3 Å². The number of sulfonamides is 1. The van der Waals surface area contributed by atoms with Crippen LogP contribution in [0.1, 0.15) is 31.0 Å². The third kappa shape index (κ3) is 5.87. The summed E-state index contributed by atoms with van der Waals surface area (Å²) in [6.07, 6.45) is 1.93. The molecular formula is C21H28N2O5S. The van der Waals surface area contributed by atoms with Crippen LogP contribution in [0.3, 0.4) is 0 Å². The van der Waals surface area contributed by atoms with Crippen LogP contribution in [0.25, 0.3) is 0 Å². The highest BCUT2D eigenvalue weighted by atomic mass is 32.2. The summed E-state index contributed by atoms with van der Waals surface area (Å²) in [6, 6.07) is 12.0. The number of hydrogen-bond donors (Lipinski definition) is 1. The van der Waals surface area contributed by atoms with Crippen LogP contribution >= 0.6 is 0 Å². The molecule has 0 spiro atoms. The number of anilines is 1. The standard InChI is InChI=1S/C21H28N2O5S/c1-6-16-7-9-17(10-8-16)23(29(5,25)26)14-21(24)22-15(2)19-13-18(27-3)11-12-20(19)28-4/h7-13,15H,6,14H2,1-5H3,(H,22,24)/t15-/m1/s1. The van der Waals surface area contributed by atoms with Crippen LogP contribution in [0.5, 0.6) is 11.5 Å². The zero-order valence-corrected chi connectivity index (χ0v) is 18.2. The van der Waals surface area contributed by atoms with E-state index in [1.165, 1.54) is 0 Å². The molecule has 8 heteroatoms. The minimum atomic E-state index is -3.63. The largest absolute Gasteiger partial charge is 0.497 e. The van der Waals surface area contributed by atoms with E-state index in [0.29, 0.717) is 17.2 Å². The molecule has 1 atom stereocenters. The number of amides is 1. The van der Waals surface area contributed by atoms with Crippen LogP contribution < -0.4 is 19.1 Å². The Labute approximate surface area is 172 Å². The fourth-order valence-electron chi connectivity index (χ4n) is 2.97. The van der Waals surface area contributed by atoms with Crippen LogP contribution in [-0.2, 0) is 21.2 Å². The molecule has 0 saturated carbocycles. The molecule has 0 fully saturated rings. The van der Waals surface area contributed by atoms with E-state index in [2.05, 4.69) is 5.32 Å². The summed E-state index contributed by atoms with van der Waals surface area (Å²) in [7, 11) is -0.524. The molecular weight excluding hydrogens is 392 g/mol. The van der Waals surface area contributed by atoms with Gasteiger partial charge in [0.25, 0.3) is 0 Å². The molecule has 0 saturated heterocycles. The van der Waals surface area contributed by atoms with Crippen LogP contribution in [-0.4, -0.2) is 41.3 Å². The zero-order valence-electron chi connectivity index (χ0n) is 17.4. The van der Waals surface area contributed by atoms with Crippen molar-refractivity contribution in [3.8, 4) is 11.5 Å². The van der Waals surface area contributed by atoms with Crippen molar-refractivity contribution in [3.63, 3.8) is 0 Å². The number of benzene rings is 2. The minimum absolute atomic E-state index is 0.319. The van der Waals surface area contributed by atoms with Gasteiger partial charge in [-0.3, -0.25) is 9.10 Å². The highest BCUT2D eigenvalue weighted by Gasteiger charge is 2.23. The van der Waals surface area contributed by atoms with E-state index in [1.807, 2.05) is 19.1 Å². The number of nitrogens with zero attached hydrogens (tertiary/aromatic N) is 1. The van der Waals surface area contributed by atoms with Crippen LogP contribution in [0.2, 0.25) is 0 Å². The van der Waals surface area contributed by atoms with Gasteiger partial charge in [0, 0.05) is 5.56 Å². The first kappa shape index (κ1) is 22.5. The van der Waals surface area contributed by atoms with Crippen molar-refractivity contribution >= 4 is 21.6 Å². The summed E-state index contributed by atoms with van der Waals surface area (Å²) in [5.41, 5.74) is 2.27. The Kier molecular flexibility index (Phi) is 7.50. The number of ether oxygens (including phenoxy) is 2. The number of carbonyl (C=O) groups is 1. The molecule has 0 unspecified atom stereocenters. The minimum Gasteiger partial charge on any atom is -0.497 e. The second kappa shape index (κ2) is 9.65. The van der Waals surface area contributed by atoms with Gasteiger partial charge in [0.05, 0.1) is 32.2 Å². The first-order valence-electron chi connectivity index (χ1n) is 9.27. The van der Waals surface area contributed by atoms with Gasteiger partial charge in [-0.25, -0.2) is 8.42 Å². The van der Waals surface area contributed by atoms with Crippen molar-refractivity contribution in [1.29, 1.82) is 0 Å². The molecule has 0 bridgehead atoms. The number of hydrogen-bond acceptors (Lipinski definition) is 5. The normalized spacial score (nSPS) is 12.2. The molecule has 2 rings (SSSR count). The third-order valence-corrected chi connectivity index (χ3v) is 5.74. The summed E-state index contributed by atoms with van der Waals surface area (Å²) in [4.78, 5) is 12.6. The molecule has 2 aromatic carbocycles. The monoisotopic (exact) mass is 420 g/mol. The van der Waals surface area contributed by atoms with Gasteiger partial charge in [0.1, 0.15) is 18.0 Å². The Morgan fingerprint density at radius 2 is 1.76 bits per heavy atom.